The van der Waals surface area contributed by atoms with Gasteiger partial charge >= 0.3 is 0 Å². The van der Waals surface area contributed by atoms with Crippen LogP contribution in [0.15, 0.2) is 24.3 Å². The van der Waals surface area contributed by atoms with Crippen LogP contribution in [0.2, 0.25) is 0 Å². The Bertz CT molecular complexity index is 512. The minimum atomic E-state index is -0.464. The second-order valence-corrected chi connectivity index (χ2v) is 6.91. The van der Waals surface area contributed by atoms with Crippen LogP contribution in [-0.4, -0.2) is 38.3 Å². The molecular weight excluding hydrogens is 328 g/mol. The number of carbonyl (C=O) groups is 1. The monoisotopic (exact) mass is 356 g/mol. The predicted molar refractivity (Wildman–Crippen MR) is 97.8 cm³/mol. The fraction of sp³-hybridized carbons (Fsp3) is 0.611. The Morgan fingerprint density at radius 1 is 1.38 bits per heavy atom. The predicted octanol–water partition coefficient (Wildman–Crippen LogP) is 2.48. The highest BCUT2D eigenvalue weighted by atomic mass is 35.5. The van der Waals surface area contributed by atoms with Gasteiger partial charge in [0.15, 0.2) is 0 Å². The zero-order valence-corrected chi connectivity index (χ0v) is 15.7. The summed E-state index contributed by atoms with van der Waals surface area (Å²) >= 11 is 0. The maximum absolute atomic E-state index is 12.3. The van der Waals surface area contributed by atoms with E-state index in [2.05, 4.69) is 24.5 Å². The number of nitrogens with one attached hydrogen (secondary N) is 2. The van der Waals surface area contributed by atoms with Crippen LogP contribution < -0.4 is 15.4 Å². The first-order valence-corrected chi connectivity index (χ1v) is 8.26. The molecule has 2 N–H and O–H groups in total. The largest absolute Gasteiger partial charge is 0.493 e. The Labute approximate surface area is 150 Å². The number of rotatable bonds is 6. The molecule has 1 fully saturated rings. The Kier molecular flexibility index (Phi) is 8.00. The number of ether oxygens (including phenoxy) is 2. The summed E-state index contributed by atoms with van der Waals surface area (Å²) in [6.07, 6.45) is -0.420. The van der Waals surface area contributed by atoms with Gasteiger partial charge in [-0.2, -0.15) is 0 Å². The van der Waals surface area contributed by atoms with Crippen molar-refractivity contribution in [1.82, 2.24) is 10.6 Å². The molecule has 2 rings (SSSR count). The number of carbonyl (C=O) groups excluding carboxylic acids is 1. The average Bonchev–Trinajstić information content (AvgIpc) is 2.53. The van der Waals surface area contributed by atoms with E-state index in [1.807, 2.05) is 38.1 Å². The van der Waals surface area contributed by atoms with E-state index in [0.29, 0.717) is 25.7 Å². The van der Waals surface area contributed by atoms with Gasteiger partial charge in [0.1, 0.15) is 11.9 Å². The third-order valence-corrected chi connectivity index (χ3v) is 3.82. The van der Waals surface area contributed by atoms with Crippen molar-refractivity contribution in [3.05, 3.63) is 29.8 Å². The van der Waals surface area contributed by atoms with Crippen LogP contribution in [-0.2, 0) is 15.1 Å². The van der Waals surface area contributed by atoms with E-state index in [0.717, 1.165) is 17.9 Å². The topological polar surface area (TPSA) is 59.6 Å². The zero-order chi connectivity index (χ0) is 16.9. The molecule has 1 heterocycles. The van der Waals surface area contributed by atoms with Gasteiger partial charge in [-0.1, -0.05) is 26.0 Å². The van der Waals surface area contributed by atoms with Crippen molar-refractivity contribution in [2.75, 3.05) is 26.3 Å². The summed E-state index contributed by atoms with van der Waals surface area (Å²) in [7, 11) is 0. The lowest BCUT2D eigenvalue weighted by Crippen LogP contribution is -2.52. The molecule has 24 heavy (non-hydrogen) atoms. The van der Waals surface area contributed by atoms with Crippen LogP contribution >= 0.6 is 12.4 Å². The molecule has 1 saturated heterocycles. The first kappa shape index (κ1) is 20.7. The minimum Gasteiger partial charge on any atom is -0.493 e. The summed E-state index contributed by atoms with van der Waals surface area (Å²) < 4.78 is 11.2. The molecule has 0 saturated carbocycles. The summed E-state index contributed by atoms with van der Waals surface area (Å²) in [6, 6.07) is 7.89. The summed E-state index contributed by atoms with van der Waals surface area (Å²) in [4.78, 5) is 12.3. The van der Waals surface area contributed by atoms with Crippen molar-refractivity contribution in [3.8, 4) is 5.75 Å². The van der Waals surface area contributed by atoms with Gasteiger partial charge in [0, 0.05) is 13.1 Å². The van der Waals surface area contributed by atoms with Gasteiger partial charge in [-0.15, -0.1) is 12.4 Å². The van der Waals surface area contributed by atoms with Crippen molar-refractivity contribution in [1.29, 1.82) is 0 Å². The molecule has 1 aliphatic rings. The first-order chi connectivity index (χ1) is 10.9. The molecule has 1 aliphatic heterocycles. The molecule has 0 radical (unpaired) electrons. The highest BCUT2D eigenvalue weighted by Crippen LogP contribution is 2.23. The smallest absolute Gasteiger partial charge is 0.251 e. The summed E-state index contributed by atoms with van der Waals surface area (Å²) in [6.45, 7) is 10.8. The maximum Gasteiger partial charge on any atom is 0.251 e. The number of halogens is 1. The lowest BCUT2D eigenvalue weighted by Gasteiger charge is -2.31. The van der Waals surface area contributed by atoms with Crippen molar-refractivity contribution in [2.24, 2.45) is 5.92 Å². The van der Waals surface area contributed by atoms with E-state index >= 15 is 0 Å². The fourth-order valence-electron chi connectivity index (χ4n) is 2.43. The lowest BCUT2D eigenvalue weighted by molar-refractivity contribution is -0.136. The van der Waals surface area contributed by atoms with Crippen LogP contribution in [0.4, 0.5) is 0 Å². The van der Waals surface area contributed by atoms with Crippen molar-refractivity contribution in [3.63, 3.8) is 0 Å². The Morgan fingerprint density at radius 3 is 2.58 bits per heavy atom. The molecule has 0 bridgehead atoms. The lowest BCUT2D eigenvalue weighted by atomic mass is 9.94. The van der Waals surface area contributed by atoms with E-state index in [4.69, 9.17) is 9.47 Å². The summed E-state index contributed by atoms with van der Waals surface area (Å²) in [5.74, 6) is 1.27. The number of morpholine rings is 1. The van der Waals surface area contributed by atoms with Crippen molar-refractivity contribution < 1.29 is 14.3 Å². The first-order valence-electron chi connectivity index (χ1n) is 8.26. The van der Waals surface area contributed by atoms with Crippen LogP contribution in [0.25, 0.3) is 0 Å². The second kappa shape index (κ2) is 9.25. The van der Waals surface area contributed by atoms with Gasteiger partial charge < -0.3 is 20.1 Å². The molecule has 1 atom stereocenters. The van der Waals surface area contributed by atoms with E-state index < -0.39 is 11.6 Å². The average molecular weight is 357 g/mol. The van der Waals surface area contributed by atoms with E-state index in [1.165, 1.54) is 0 Å². The number of amides is 1. The zero-order valence-electron chi connectivity index (χ0n) is 14.9. The molecule has 6 heteroatoms. The van der Waals surface area contributed by atoms with Gasteiger partial charge in [0.05, 0.1) is 18.8 Å². The van der Waals surface area contributed by atoms with Gasteiger partial charge in [0.25, 0.3) is 5.91 Å². The summed E-state index contributed by atoms with van der Waals surface area (Å²) in [5.41, 5.74) is 0.570. The van der Waals surface area contributed by atoms with E-state index in [1.54, 1.807) is 0 Å². The molecule has 136 valence electrons. The van der Waals surface area contributed by atoms with Crippen LogP contribution in [0, 0.1) is 5.92 Å². The van der Waals surface area contributed by atoms with Crippen molar-refractivity contribution >= 4 is 18.3 Å². The molecule has 0 spiro atoms. The number of hydrogen-bond acceptors (Lipinski definition) is 4. The minimum absolute atomic E-state index is 0. The van der Waals surface area contributed by atoms with Gasteiger partial charge in [0.2, 0.25) is 0 Å². The quantitative estimate of drug-likeness (QED) is 0.822. The molecule has 1 unspecified atom stereocenters. The second-order valence-electron chi connectivity index (χ2n) is 6.91. The Morgan fingerprint density at radius 2 is 2.04 bits per heavy atom. The highest BCUT2D eigenvalue weighted by Gasteiger charge is 2.28. The molecule has 0 aliphatic carbocycles. The van der Waals surface area contributed by atoms with E-state index in [9.17, 15) is 4.79 Å². The molecule has 5 nitrogen and oxygen atoms in total. The van der Waals surface area contributed by atoms with Crippen molar-refractivity contribution in [2.45, 2.75) is 39.3 Å². The number of benzene rings is 1. The normalized spacial score (nSPS) is 18.0. The maximum atomic E-state index is 12.3. The Hall–Kier alpha value is -1.30. The van der Waals surface area contributed by atoms with Gasteiger partial charge in [-0.3, -0.25) is 4.79 Å². The molecular formula is C18H29ClN2O3. The molecule has 0 aromatic heterocycles. The van der Waals surface area contributed by atoms with Gasteiger partial charge in [-0.25, -0.2) is 0 Å². The Balaban J connectivity index is 0.00000288. The molecule has 1 amide bonds. The van der Waals surface area contributed by atoms with Crippen LogP contribution in [0.3, 0.4) is 0 Å². The molecule has 1 aromatic rings. The highest BCUT2D eigenvalue weighted by molar-refractivity contribution is 5.85. The molecule has 1 aromatic carbocycles. The third-order valence-electron chi connectivity index (χ3n) is 3.82. The third kappa shape index (κ3) is 5.96. The van der Waals surface area contributed by atoms with Crippen LogP contribution in [0.1, 0.15) is 33.3 Å². The fourth-order valence-corrected chi connectivity index (χ4v) is 2.43. The summed E-state index contributed by atoms with van der Waals surface area (Å²) in [5, 5.41) is 6.24. The SMILES string of the molecule is CC(C)COc1ccc(C(C)(C)NC(=O)C2CNCCO2)cc1.Cl. The standard InChI is InChI=1S/C18H28N2O3.ClH/c1-13(2)12-23-15-7-5-14(6-8-15)18(3,4)20-17(21)16-11-19-9-10-22-16;/h5-8,13,16,19H,9-12H2,1-4H3,(H,20,21);1H. The van der Waals surface area contributed by atoms with E-state index in [-0.39, 0.29) is 18.3 Å². The van der Waals surface area contributed by atoms with Crippen LogP contribution in [0.5, 0.6) is 5.75 Å². The van der Waals surface area contributed by atoms with Gasteiger partial charge in [-0.05, 0) is 37.5 Å². The number of hydrogen-bond donors (Lipinski definition) is 2.